The van der Waals surface area contributed by atoms with Gasteiger partial charge in [0.1, 0.15) is 11.4 Å². The predicted octanol–water partition coefficient (Wildman–Crippen LogP) is 2.84. The first-order valence-corrected chi connectivity index (χ1v) is 9.91. The summed E-state index contributed by atoms with van der Waals surface area (Å²) in [6, 6.07) is 5.58. The van der Waals surface area contributed by atoms with Gasteiger partial charge in [-0.15, -0.1) is 12.4 Å². The summed E-state index contributed by atoms with van der Waals surface area (Å²) >= 11 is 0. The van der Waals surface area contributed by atoms with Crippen molar-refractivity contribution in [3.05, 3.63) is 29.3 Å². The Balaban J connectivity index is 0.00000225. The van der Waals surface area contributed by atoms with E-state index in [4.69, 9.17) is 9.47 Å². The molecule has 2 fully saturated rings. The van der Waals surface area contributed by atoms with E-state index in [0.717, 1.165) is 44.6 Å². The minimum Gasteiger partial charge on any atom is -0.497 e. The highest BCUT2D eigenvalue weighted by molar-refractivity contribution is 5.95. The molecule has 0 unspecified atom stereocenters. The van der Waals surface area contributed by atoms with E-state index in [0.29, 0.717) is 24.2 Å². The Hall–Kier alpha value is -1.79. The molecule has 1 aromatic rings. The third-order valence-corrected chi connectivity index (χ3v) is 6.44. The van der Waals surface area contributed by atoms with Crippen molar-refractivity contribution in [2.75, 3.05) is 40.3 Å². The first kappa shape index (κ1) is 20.9. The van der Waals surface area contributed by atoms with Crippen LogP contribution in [0.15, 0.2) is 18.2 Å². The molecule has 1 saturated heterocycles. The largest absolute Gasteiger partial charge is 0.497 e. The molecule has 0 atom stereocenters. The second-order valence-corrected chi connectivity index (χ2v) is 8.02. The van der Waals surface area contributed by atoms with Crippen LogP contribution in [0.5, 0.6) is 5.75 Å². The molecule has 0 bridgehead atoms. The number of fused-ring (bicyclic) bond motifs is 2. The molecule has 0 N–H and O–H groups in total. The Morgan fingerprint density at radius 2 is 2.04 bits per heavy atom. The topological polar surface area (TPSA) is 59.1 Å². The third-order valence-electron chi connectivity index (χ3n) is 6.44. The summed E-state index contributed by atoms with van der Waals surface area (Å²) < 4.78 is 11.1. The van der Waals surface area contributed by atoms with Crippen molar-refractivity contribution in [2.24, 2.45) is 5.92 Å². The minimum absolute atomic E-state index is 0. The van der Waals surface area contributed by atoms with E-state index in [9.17, 15) is 9.59 Å². The van der Waals surface area contributed by atoms with Gasteiger partial charge in [0.15, 0.2) is 0 Å². The smallest absolute Gasteiger partial charge is 0.339 e. The lowest BCUT2D eigenvalue weighted by atomic mass is 9.74. The number of nitrogens with zero attached hydrogens (tertiary/aromatic N) is 2. The van der Waals surface area contributed by atoms with Crippen LogP contribution in [-0.2, 0) is 15.1 Å². The SMILES string of the molecule is COc1ccc2c(c1)C(=O)OC21CCC(C(=O)N(C)CCN2CCC2)CC1.Cl. The van der Waals surface area contributed by atoms with Crippen molar-refractivity contribution in [3.8, 4) is 5.75 Å². The molecule has 2 heterocycles. The number of carbonyl (C=O) groups is 2. The number of likely N-dealkylation sites (N-methyl/N-ethyl adjacent to an activating group) is 1. The molecular weight excluding hydrogens is 380 g/mol. The Morgan fingerprint density at radius 3 is 2.64 bits per heavy atom. The highest BCUT2D eigenvalue weighted by Gasteiger charge is 2.48. The molecule has 0 aromatic heterocycles. The maximum absolute atomic E-state index is 12.8. The van der Waals surface area contributed by atoms with E-state index in [1.54, 1.807) is 13.2 Å². The highest BCUT2D eigenvalue weighted by atomic mass is 35.5. The van der Waals surface area contributed by atoms with Crippen molar-refractivity contribution in [3.63, 3.8) is 0 Å². The number of ether oxygens (including phenoxy) is 2. The standard InChI is InChI=1S/C21H28N2O4.ClH/c1-22(12-13-23-10-3-11-23)19(24)15-6-8-21(9-7-15)18-5-4-16(26-2)14-17(18)20(25)27-21;/h4-5,14-15H,3,6-13H2,1-2H3;1H. The molecule has 4 rings (SSSR count). The summed E-state index contributed by atoms with van der Waals surface area (Å²) in [7, 11) is 3.50. The van der Waals surface area contributed by atoms with E-state index in [2.05, 4.69) is 4.90 Å². The maximum atomic E-state index is 12.8. The van der Waals surface area contributed by atoms with Crippen LogP contribution in [0.1, 0.15) is 48.0 Å². The van der Waals surface area contributed by atoms with Crippen molar-refractivity contribution in [2.45, 2.75) is 37.7 Å². The summed E-state index contributed by atoms with van der Waals surface area (Å²) in [6.07, 6.45) is 4.19. The molecule has 28 heavy (non-hydrogen) atoms. The lowest BCUT2D eigenvalue weighted by molar-refractivity contribution is -0.137. The molecule has 7 heteroatoms. The molecule has 6 nitrogen and oxygen atoms in total. The molecule has 1 aliphatic carbocycles. The Morgan fingerprint density at radius 1 is 1.32 bits per heavy atom. The van der Waals surface area contributed by atoms with Crippen molar-refractivity contribution in [1.29, 1.82) is 0 Å². The molecule has 1 saturated carbocycles. The number of benzene rings is 1. The fourth-order valence-electron chi connectivity index (χ4n) is 4.52. The van der Waals surface area contributed by atoms with E-state index >= 15 is 0 Å². The zero-order valence-corrected chi connectivity index (χ0v) is 17.4. The lowest BCUT2D eigenvalue weighted by Crippen LogP contribution is -2.45. The van der Waals surface area contributed by atoms with Crippen LogP contribution in [-0.4, -0.2) is 62.0 Å². The summed E-state index contributed by atoms with van der Waals surface area (Å²) in [5.74, 6) is 0.637. The Bertz CT molecular complexity index is 742. The zero-order chi connectivity index (χ0) is 19.0. The average Bonchev–Trinajstić information content (AvgIpc) is 2.91. The molecule has 154 valence electrons. The first-order chi connectivity index (χ1) is 13.0. The van der Waals surface area contributed by atoms with E-state index in [1.165, 1.54) is 6.42 Å². The number of methoxy groups -OCH3 is 1. The summed E-state index contributed by atoms with van der Waals surface area (Å²) in [6.45, 7) is 4.07. The predicted molar refractivity (Wildman–Crippen MR) is 108 cm³/mol. The number of rotatable bonds is 5. The van der Waals surface area contributed by atoms with Crippen LogP contribution >= 0.6 is 12.4 Å². The van der Waals surface area contributed by atoms with Gasteiger partial charge in [-0.2, -0.15) is 0 Å². The van der Waals surface area contributed by atoms with Gasteiger partial charge < -0.3 is 19.3 Å². The summed E-state index contributed by atoms with van der Waals surface area (Å²) in [4.78, 5) is 29.4. The Kier molecular flexibility index (Phi) is 6.20. The van der Waals surface area contributed by atoms with Gasteiger partial charge in [-0.25, -0.2) is 4.79 Å². The minimum atomic E-state index is -0.564. The van der Waals surface area contributed by atoms with Crippen molar-refractivity contribution >= 4 is 24.3 Å². The van der Waals surface area contributed by atoms with Crippen molar-refractivity contribution < 1.29 is 19.1 Å². The summed E-state index contributed by atoms with van der Waals surface area (Å²) in [5, 5.41) is 0. The van der Waals surface area contributed by atoms with E-state index in [1.807, 2.05) is 24.1 Å². The molecule has 3 aliphatic rings. The second-order valence-electron chi connectivity index (χ2n) is 8.02. The van der Waals surface area contributed by atoms with Gasteiger partial charge in [-0.3, -0.25) is 4.79 Å². The molecule has 1 aromatic carbocycles. The van der Waals surface area contributed by atoms with Crippen LogP contribution in [0.2, 0.25) is 0 Å². The summed E-state index contributed by atoms with van der Waals surface area (Å²) in [5.41, 5.74) is 0.988. The number of carbonyl (C=O) groups excluding carboxylic acids is 2. The van der Waals surface area contributed by atoms with Crippen LogP contribution in [0.25, 0.3) is 0 Å². The van der Waals surface area contributed by atoms with Crippen LogP contribution in [0, 0.1) is 5.92 Å². The number of hydrogen-bond donors (Lipinski definition) is 0. The monoisotopic (exact) mass is 408 g/mol. The molecule has 1 amide bonds. The Labute approximate surface area is 172 Å². The molecule has 2 aliphatic heterocycles. The number of halogens is 1. The van der Waals surface area contributed by atoms with Gasteiger partial charge in [0.05, 0.1) is 12.7 Å². The fourth-order valence-corrected chi connectivity index (χ4v) is 4.52. The van der Waals surface area contributed by atoms with E-state index in [-0.39, 0.29) is 30.2 Å². The van der Waals surface area contributed by atoms with Gasteiger partial charge in [0.25, 0.3) is 0 Å². The van der Waals surface area contributed by atoms with Gasteiger partial charge in [0, 0.05) is 31.6 Å². The highest BCUT2D eigenvalue weighted by Crippen LogP contribution is 2.48. The van der Waals surface area contributed by atoms with Gasteiger partial charge in [-0.1, -0.05) is 6.07 Å². The number of likely N-dealkylation sites (tertiary alicyclic amines) is 1. The average molecular weight is 409 g/mol. The van der Waals surface area contributed by atoms with E-state index < -0.39 is 5.60 Å². The number of esters is 1. The van der Waals surface area contributed by atoms with Gasteiger partial charge in [0.2, 0.25) is 5.91 Å². The molecule has 0 radical (unpaired) electrons. The number of amides is 1. The maximum Gasteiger partial charge on any atom is 0.339 e. The van der Waals surface area contributed by atoms with Gasteiger partial charge >= 0.3 is 5.97 Å². The normalized spacial score (nSPS) is 26.1. The van der Waals surface area contributed by atoms with Crippen molar-refractivity contribution in [1.82, 2.24) is 9.80 Å². The molecule has 1 spiro atoms. The van der Waals surface area contributed by atoms with Gasteiger partial charge in [-0.05, 0) is 57.3 Å². The zero-order valence-electron chi connectivity index (χ0n) is 16.6. The van der Waals surface area contributed by atoms with Crippen LogP contribution in [0.3, 0.4) is 0 Å². The fraction of sp³-hybridized carbons (Fsp3) is 0.619. The van der Waals surface area contributed by atoms with Crippen LogP contribution in [0.4, 0.5) is 0 Å². The first-order valence-electron chi connectivity index (χ1n) is 9.91. The molecular formula is C21H29ClN2O4. The number of hydrogen-bond acceptors (Lipinski definition) is 5. The van der Waals surface area contributed by atoms with Crippen LogP contribution < -0.4 is 4.74 Å². The third kappa shape index (κ3) is 3.72. The lowest BCUT2D eigenvalue weighted by Gasteiger charge is -2.37. The second kappa shape index (κ2) is 8.29. The quantitative estimate of drug-likeness (QED) is 0.701.